The van der Waals surface area contributed by atoms with Crippen LogP contribution < -0.4 is 19.7 Å². The maximum atomic E-state index is 12.6. The maximum Gasteiger partial charge on any atom is 0.407 e. The fourth-order valence-corrected chi connectivity index (χ4v) is 7.90. The molecular weight excluding hydrogens is 642 g/mol. The number of ether oxygens (including phenoxy) is 2. The van der Waals surface area contributed by atoms with Crippen molar-refractivity contribution in [2.75, 3.05) is 42.4 Å². The Hall–Kier alpha value is -3.01. The number of halogens is 1. The first-order chi connectivity index (χ1) is 21.2. The summed E-state index contributed by atoms with van der Waals surface area (Å²) < 4.78 is 41.1. The van der Waals surface area contributed by atoms with Crippen molar-refractivity contribution in [1.29, 1.82) is 0 Å². The monoisotopic (exact) mass is 681 g/mol. The summed E-state index contributed by atoms with van der Waals surface area (Å²) in [4.78, 5) is 38.2. The Labute approximate surface area is 273 Å². The van der Waals surface area contributed by atoms with Crippen LogP contribution in [0.4, 0.5) is 21.1 Å². The van der Waals surface area contributed by atoms with Gasteiger partial charge >= 0.3 is 22.3 Å². The first-order valence-electron chi connectivity index (χ1n) is 15.0. The fraction of sp³-hybridized carbons (Fsp3) is 0.586. The van der Waals surface area contributed by atoms with Gasteiger partial charge in [0.25, 0.3) is 0 Å². The van der Waals surface area contributed by atoms with Crippen LogP contribution in [-0.2, 0) is 19.7 Å². The molecule has 2 aromatic rings. The third-order valence-corrected chi connectivity index (χ3v) is 10.6. The number of nitrogens with zero attached hydrogens (tertiary/aromatic N) is 4. The average Bonchev–Trinajstić information content (AvgIpc) is 3.61. The van der Waals surface area contributed by atoms with Gasteiger partial charge < -0.3 is 24.6 Å². The molecule has 0 aliphatic carbocycles. The summed E-state index contributed by atoms with van der Waals surface area (Å²) in [5, 5.41) is 3.82. The Morgan fingerprint density at radius 2 is 1.82 bits per heavy atom. The van der Waals surface area contributed by atoms with Crippen LogP contribution in [0.2, 0.25) is 5.02 Å². The molecule has 3 aliphatic heterocycles. The normalized spacial score (nSPS) is 21.5. The number of alkyl carbamates (subject to hydrolysis) is 1. The quantitative estimate of drug-likeness (QED) is 0.376. The van der Waals surface area contributed by atoms with Gasteiger partial charge in [-0.25, -0.2) is 24.3 Å². The number of benzene rings is 1. The van der Waals surface area contributed by atoms with E-state index < -0.39 is 27.9 Å². The van der Waals surface area contributed by atoms with Crippen LogP contribution in [0.15, 0.2) is 40.5 Å². The van der Waals surface area contributed by atoms with Crippen LogP contribution in [0.25, 0.3) is 0 Å². The number of carbonyl (C=O) groups excluding carboxylic acids is 2. The number of hydrogen-bond donors (Lipinski definition) is 3. The van der Waals surface area contributed by atoms with Crippen molar-refractivity contribution in [3.63, 3.8) is 0 Å². The molecule has 3 amide bonds. The van der Waals surface area contributed by atoms with Crippen molar-refractivity contribution in [3.8, 4) is 0 Å². The minimum absolute atomic E-state index is 0.116. The van der Waals surface area contributed by atoms with Gasteiger partial charge in [0.2, 0.25) is 0 Å². The van der Waals surface area contributed by atoms with Gasteiger partial charge in [-0.15, -0.1) is 0 Å². The van der Waals surface area contributed by atoms with Crippen LogP contribution in [0, 0.1) is 5.41 Å². The van der Waals surface area contributed by atoms with Gasteiger partial charge in [-0.05, 0) is 65.5 Å². The summed E-state index contributed by atoms with van der Waals surface area (Å²) in [7, 11) is -4.18. The molecule has 0 radical (unpaired) electrons. The summed E-state index contributed by atoms with van der Waals surface area (Å²) in [5.74, 6) is 0.735. The number of likely N-dealkylation sites (tertiary alicyclic amines) is 1. The summed E-state index contributed by atoms with van der Waals surface area (Å²) in [5.41, 5.74) is -0.625. The third kappa shape index (κ3) is 8.23. The van der Waals surface area contributed by atoms with Gasteiger partial charge in [-0.1, -0.05) is 29.4 Å². The topological polar surface area (TPSA) is 155 Å². The van der Waals surface area contributed by atoms with E-state index in [0.29, 0.717) is 29.6 Å². The van der Waals surface area contributed by atoms with Gasteiger partial charge in [-0.2, -0.15) is 8.42 Å². The lowest BCUT2D eigenvalue weighted by atomic mass is 9.73. The van der Waals surface area contributed by atoms with E-state index in [1.807, 2.05) is 32.4 Å². The lowest BCUT2D eigenvalue weighted by Gasteiger charge is -2.42. The van der Waals surface area contributed by atoms with Crippen molar-refractivity contribution >= 4 is 57.2 Å². The molecule has 1 aromatic heterocycles. The first kappa shape index (κ1) is 33.4. The van der Waals surface area contributed by atoms with Crippen LogP contribution in [0.5, 0.6) is 0 Å². The zero-order chi connectivity index (χ0) is 32.4. The van der Waals surface area contributed by atoms with Gasteiger partial charge in [-0.3, -0.25) is 4.72 Å². The van der Waals surface area contributed by atoms with E-state index in [1.165, 1.54) is 22.7 Å². The number of urea groups is 1. The number of rotatable bonds is 7. The molecule has 0 unspecified atom stereocenters. The summed E-state index contributed by atoms with van der Waals surface area (Å²) in [6.45, 7) is 10.6. The molecule has 3 fully saturated rings. The zero-order valence-electron chi connectivity index (χ0n) is 25.8. The second-order valence-electron chi connectivity index (χ2n) is 12.6. The molecule has 4 heterocycles. The molecule has 1 spiro atoms. The molecule has 2 atom stereocenters. The van der Waals surface area contributed by atoms with E-state index in [9.17, 15) is 18.0 Å². The number of amides is 3. The Kier molecular flexibility index (Phi) is 9.92. The molecule has 246 valence electrons. The minimum atomic E-state index is -4.18. The van der Waals surface area contributed by atoms with E-state index in [2.05, 4.69) is 24.9 Å². The SMILES string of the molecule is C[C@@H]1OCC2(CCN(c3cnc(Sc4cccc(NS(=O)(=O)NC(=O)N5CCCC5)c4Cl)cn3)CC2)[C@@H]1NC(=O)OC(C)(C)C. The van der Waals surface area contributed by atoms with E-state index in [4.69, 9.17) is 21.1 Å². The second kappa shape index (κ2) is 13.4. The van der Waals surface area contributed by atoms with Gasteiger partial charge in [0.1, 0.15) is 16.4 Å². The van der Waals surface area contributed by atoms with Crippen LogP contribution in [-0.4, -0.2) is 85.9 Å². The number of aromatic nitrogens is 2. The molecule has 3 aliphatic rings. The Balaban J connectivity index is 1.18. The number of hydrogen-bond acceptors (Lipinski definition) is 10. The Bertz CT molecular complexity index is 1490. The minimum Gasteiger partial charge on any atom is -0.444 e. The van der Waals surface area contributed by atoms with Gasteiger partial charge in [0, 0.05) is 36.5 Å². The lowest BCUT2D eigenvalue weighted by Crippen LogP contribution is -2.55. The number of carbonyl (C=O) groups is 2. The number of anilines is 2. The fourth-order valence-electron chi connectivity index (χ4n) is 5.90. The summed E-state index contributed by atoms with van der Waals surface area (Å²) in [6.07, 6.45) is 6.13. The van der Waals surface area contributed by atoms with Crippen molar-refractivity contribution in [2.45, 2.75) is 81.0 Å². The van der Waals surface area contributed by atoms with E-state index >= 15 is 0 Å². The zero-order valence-corrected chi connectivity index (χ0v) is 28.2. The lowest BCUT2D eigenvalue weighted by molar-refractivity contribution is 0.0434. The van der Waals surface area contributed by atoms with Crippen molar-refractivity contribution in [2.24, 2.45) is 5.41 Å². The highest BCUT2D eigenvalue weighted by atomic mass is 35.5. The maximum absolute atomic E-state index is 12.6. The van der Waals surface area contributed by atoms with Crippen LogP contribution in [0.3, 0.4) is 0 Å². The highest BCUT2D eigenvalue weighted by Gasteiger charge is 2.50. The summed E-state index contributed by atoms with van der Waals surface area (Å²) >= 11 is 7.80. The van der Waals surface area contributed by atoms with E-state index in [-0.39, 0.29) is 28.3 Å². The smallest absolute Gasteiger partial charge is 0.407 e. The standard InChI is InChI=1S/C29H40ClN7O6S2/c1-19-25(33-27(39)43-28(2,3)4)29(18-42-19)10-14-36(15-11-29)22-16-32-23(17-31-22)44-21-9-7-8-20(24(21)30)34-45(40,41)35-26(38)37-12-5-6-13-37/h7-9,16-17,19,25,34H,5-6,10-15,18H2,1-4H3,(H,33,39)(H,35,38)/t19-,25+/m0/s1. The number of nitrogens with one attached hydrogen (secondary N) is 3. The van der Waals surface area contributed by atoms with Crippen molar-refractivity contribution in [3.05, 3.63) is 35.6 Å². The molecule has 16 heteroatoms. The van der Waals surface area contributed by atoms with Crippen LogP contribution in [0.1, 0.15) is 53.4 Å². The molecule has 0 saturated carbocycles. The molecule has 13 nitrogen and oxygen atoms in total. The van der Waals surface area contributed by atoms with Crippen molar-refractivity contribution < 1.29 is 27.5 Å². The Morgan fingerprint density at radius 1 is 1.11 bits per heavy atom. The molecule has 3 saturated heterocycles. The Morgan fingerprint density at radius 3 is 2.47 bits per heavy atom. The van der Waals surface area contributed by atoms with Crippen LogP contribution >= 0.6 is 23.4 Å². The number of piperidine rings is 1. The van der Waals surface area contributed by atoms with Gasteiger partial charge in [0.05, 0.1) is 41.9 Å². The van der Waals surface area contributed by atoms with E-state index in [0.717, 1.165) is 44.6 Å². The predicted octanol–water partition coefficient (Wildman–Crippen LogP) is 4.64. The molecule has 1 aromatic carbocycles. The molecular formula is C29H40ClN7O6S2. The third-order valence-electron chi connectivity index (χ3n) is 8.17. The molecule has 5 rings (SSSR count). The predicted molar refractivity (Wildman–Crippen MR) is 172 cm³/mol. The molecule has 3 N–H and O–H groups in total. The highest BCUT2D eigenvalue weighted by Crippen LogP contribution is 2.43. The average molecular weight is 682 g/mol. The first-order valence-corrected chi connectivity index (χ1v) is 17.7. The summed E-state index contributed by atoms with van der Waals surface area (Å²) in [6, 6.07) is 4.13. The largest absolute Gasteiger partial charge is 0.444 e. The molecule has 45 heavy (non-hydrogen) atoms. The van der Waals surface area contributed by atoms with Crippen molar-refractivity contribution in [1.82, 2.24) is 24.9 Å². The van der Waals surface area contributed by atoms with Gasteiger partial charge in [0.15, 0.2) is 0 Å². The second-order valence-corrected chi connectivity index (χ2v) is 15.5. The van der Waals surface area contributed by atoms with E-state index in [1.54, 1.807) is 24.5 Å². The molecule has 0 bridgehead atoms. The highest BCUT2D eigenvalue weighted by molar-refractivity contribution is 7.99.